The molecule has 0 aromatic carbocycles. The second kappa shape index (κ2) is 5.50. The van der Waals surface area contributed by atoms with E-state index in [1.54, 1.807) is 4.90 Å². The van der Waals surface area contributed by atoms with Gasteiger partial charge in [0, 0.05) is 13.5 Å². The first-order valence-electron chi connectivity index (χ1n) is 6.30. The molecule has 0 aromatic rings. The first-order valence-corrected chi connectivity index (χ1v) is 6.30. The zero-order valence-electron chi connectivity index (χ0n) is 11.5. The minimum atomic E-state index is -0.587. The summed E-state index contributed by atoms with van der Waals surface area (Å²) in [6.45, 7) is 7.69. The highest BCUT2D eigenvalue weighted by molar-refractivity contribution is 5.89. The molecule has 0 spiro atoms. The van der Waals surface area contributed by atoms with Crippen LogP contribution >= 0.6 is 0 Å². The van der Waals surface area contributed by atoms with Crippen molar-refractivity contribution >= 4 is 18.1 Å². The first kappa shape index (κ1) is 14.7. The Bertz CT molecular complexity index is 347. The topological polar surface area (TPSA) is 66.5 Å². The van der Waals surface area contributed by atoms with Gasteiger partial charge in [0.1, 0.15) is 12.3 Å². The lowest BCUT2D eigenvalue weighted by molar-refractivity contribution is -0.141. The van der Waals surface area contributed by atoms with Crippen LogP contribution < -0.4 is 5.32 Å². The highest BCUT2D eigenvalue weighted by Crippen LogP contribution is 2.24. The number of carbonyl (C=O) groups is 3. The van der Waals surface area contributed by atoms with Crippen LogP contribution in [0, 0.1) is 5.41 Å². The zero-order chi connectivity index (χ0) is 13.9. The van der Waals surface area contributed by atoms with E-state index in [0.717, 1.165) is 12.7 Å². The summed E-state index contributed by atoms with van der Waals surface area (Å²) in [7, 11) is 0. The van der Waals surface area contributed by atoms with Gasteiger partial charge in [0.05, 0.1) is 6.04 Å². The molecule has 0 aliphatic carbocycles. The summed E-state index contributed by atoms with van der Waals surface area (Å²) in [5.74, 6) is -0.391. The standard InChI is InChI=1S/C13H22N2O3/c1-9(17)14-11(13(2,3)4)12(18)15-7-5-6-10(15)8-16/h8,10-11H,5-7H2,1-4H3,(H,14,17)/t10-,11+/m0/s1. The van der Waals surface area contributed by atoms with Crippen molar-refractivity contribution in [2.45, 2.75) is 52.6 Å². The van der Waals surface area contributed by atoms with E-state index in [-0.39, 0.29) is 23.3 Å². The van der Waals surface area contributed by atoms with Crippen LogP contribution in [0.15, 0.2) is 0 Å². The average molecular weight is 254 g/mol. The first-order chi connectivity index (χ1) is 8.27. The van der Waals surface area contributed by atoms with Gasteiger partial charge < -0.3 is 15.0 Å². The molecule has 5 nitrogen and oxygen atoms in total. The minimum absolute atomic E-state index is 0.160. The molecule has 2 amide bonds. The van der Waals surface area contributed by atoms with Crippen LogP contribution in [0.2, 0.25) is 0 Å². The third kappa shape index (κ3) is 3.31. The number of rotatable bonds is 3. The van der Waals surface area contributed by atoms with Crippen LogP contribution in [-0.2, 0) is 14.4 Å². The fraction of sp³-hybridized carbons (Fsp3) is 0.769. The molecule has 1 rings (SSSR count). The molecule has 1 aliphatic rings. The van der Waals surface area contributed by atoms with Gasteiger partial charge in [-0.3, -0.25) is 9.59 Å². The number of amides is 2. The maximum Gasteiger partial charge on any atom is 0.246 e. The summed E-state index contributed by atoms with van der Waals surface area (Å²) >= 11 is 0. The Morgan fingerprint density at radius 2 is 2.00 bits per heavy atom. The van der Waals surface area contributed by atoms with Crippen molar-refractivity contribution in [2.75, 3.05) is 6.54 Å². The quantitative estimate of drug-likeness (QED) is 0.755. The van der Waals surface area contributed by atoms with Gasteiger partial charge in [0.25, 0.3) is 0 Å². The lowest BCUT2D eigenvalue weighted by Gasteiger charge is -2.34. The van der Waals surface area contributed by atoms with Crippen molar-refractivity contribution < 1.29 is 14.4 Å². The predicted octanol–water partition coefficient (Wildman–Crippen LogP) is 0.727. The van der Waals surface area contributed by atoms with E-state index in [1.165, 1.54) is 6.92 Å². The van der Waals surface area contributed by atoms with Crippen LogP contribution in [0.4, 0.5) is 0 Å². The van der Waals surface area contributed by atoms with Gasteiger partial charge in [-0.15, -0.1) is 0 Å². The van der Waals surface area contributed by atoms with E-state index < -0.39 is 6.04 Å². The normalized spacial score (nSPS) is 21.6. The molecule has 1 N–H and O–H groups in total. The Labute approximate surface area is 108 Å². The van der Waals surface area contributed by atoms with Crippen LogP contribution in [-0.4, -0.2) is 41.6 Å². The highest BCUT2D eigenvalue weighted by Gasteiger charge is 2.38. The van der Waals surface area contributed by atoms with E-state index in [4.69, 9.17) is 0 Å². The summed E-state index contributed by atoms with van der Waals surface area (Å²) in [6.07, 6.45) is 2.37. The van der Waals surface area contributed by atoms with Crippen molar-refractivity contribution in [3.8, 4) is 0 Å². The van der Waals surface area contributed by atoms with Gasteiger partial charge in [0.15, 0.2) is 0 Å². The van der Waals surface area contributed by atoms with Crippen molar-refractivity contribution in [1.29, 1.82) is 0 Å². The number of hydrogen-bond acceptors (Lipinski definition) is 3. The van der Waals surface area contributed by atoms with Gasteiger partial charge in [-0.25, -0.2) is 0 Å². The molecule has 0 unspecified atom stereocenters. The molecular formula is C13H22N2O3. The van der Waals surface area contributed by atoms with E-state index in [9.17, 15) is 14.4 Å². The fourth-order valence-corrected chi connectivity index (χ4v) is 2.23. The lowest BCUT2D eigenvalue weighted by atomic mass is 9.85. The summed E-state index contributed by atoms with van der Waals surface area (Å²) < 4.78 is 0. The number of nitrogens with zero attached hydrogens (tertiary/aromatic N) is 1. The molecule has 0 saturated carbocycles. The van der Waals surface area contributed by atoms with Crippen molar-refractivity contribution in [3.63, 3.8) is 0 Å². The van der Waals surface area contributed by atoms with Crippen molar-refractivity contribution in [2.24, 2.45) is 5.41 Å². The van der Waals surface area contributed by atoms with Gasteiger partial charge in [-0.05, 0) is 18.3 Å². The van der Waals surface area contributed by atoms with Gasteiger partial charge in [-0.2, -0.15) is 0 Å². The molecule has 102 valence electrons. The van der Waals surface area contributed by atoms with Gasteiger partial charge in [-0.1, -0.05) is 20.8 Å². The van der Waals surface area contributed by atoms with E-state index in [0.29, 0.717) is 13.0 Å². The smallest absolute Gasteiger partial charge is 0.246 e. The largest absolute Gasteiger partial charge is 0.344 e. The Kier molecular flexibility index (Phi) is 4.48. The number of nitrogens with one attached hydrogen (secondary N) is 1. The molecule has 0 aromatic heterocycles. The van der Waals surface area contributed by atoms with Crippen molar-refractivity contribution in [3.05, 3.63) is 0 Å². The monoisotopic (exact) mass is 254 g/mol. The van der Waals surface area contributed by atoms with Crippen LogP contribution in [0.5, 0.6) is 0 Å². The molecule has 0 bridgehead atoms. The van der Waals surface area contributed by atoms with Crippen LogP contribution in [0.25, 0.3) is 0 Å². The average Bonchev–Trinajstić information content (AvgIpc) is 2.71. The van der Waals surface area contributed by atoms with E-state index >= 15 is 0 Å². The highest BCUT2D eigenvalue weighted by atomic mass is 16.2. The Morgan fingerprint density at radius 1 is 1.39 bits per heavy atom. The van der Waals surface area contributed by atoms with Crippen LogP contribution in [0.1, 0.15) is 40.5 Å². The minimum Gasteiger partial charge on any atom is -0.344 e. The summed E-state index contributed by atoms with van der Waals surface area (Å²) in [5.41, 5.74) is -0.376. The Balaban J connectivity index is 2.88. The summed E-state index contributed by atoms with van der Waals surface area (Å²) in [6, 6.07) is -0.924. The molecule has 1 aliphatic heterocycles. The van der Waals surface area contributed by atoms with Crippen LogP contribution in [0.3, 0.4) is 0 Å². The maximum absolute atomic E-state index is 12.4. The molecule has 5 heteroatoms. The number of aldehydes is 1. The molecule has 18 heavy (non-hydrogen) atoms. The third-order valence-corrected chi connectivity index (χ3v) is 3.20. The summed E-state index contributed by atoms with van der Waals surface area (Å²) in [4.78, 5) is 36.2. The maximum atomic E-state index is 12.4. The molecule has 1 saturated heterocycles. The lowest BCUT2D eigenvalue weighted by Crippen LogP contribution is -2.55. The molecular weight excluding hydrogens is 232 g/mol. The number of carbonyl (C=O) groups excluding carboxylic acids is 3. The van der Waals surface area contributed by atoms with E-state index in [2.05, 4.69) is 5.32 Å². The van der Waals surface area contributed by atoms with E-state index in [1.807, 2.05) is 20.8 Å². The number of hydrogen-bond donors (Lipinski definition) is 1. The second-order valence-electron chi connectivity index (χ2n) is 5.88. The van der Waals surface area contributed by atoms with Crippen molar-refractivity contribution in [1.82, 2.24) is 10.2 Å². The number of likely N-dealkylation sites (tertiary alicyclic amines) is 1. The summed E-state index contributed by atoms with van der Waals surface area (Å²) in [5, 5.41) is 2.70. The van der Waals surface area contributed by atoms with Gasteiger partial charge >= 0.3 is 0 Å². The molecule has 1 fully saturated rings. The SMILES string of the molecule is CC(=O)N[C@H](C(=O)N1CCC[C@H]1C=O)C(C)(C)C. The Morgan fingerprint density at radius 3 is 2.44 bits per heavy atom. The van der Waals surface area contributed by atoms with Gasteiger partial charge in [0.2, 0.25) is 11.8 Å². The molecule has 2 atom stereocenters. The molecule has 0 radical (unpaired) electrons. The third-order valence-electron chi connectivity index (χ3n) is 3.20. The second-order valence-corrected chi connectivity index (χ2v) is 5.88. The zero-order valence-corrected chi connectivity index (χ0v) is 11.5. The molecule has 1 heterocycles. The fourth-order valence-electron chi connectivity index (χ4n) is 2.23. The Hall–Kier alpha value is -1.39. The predicted molar refractivity (Wildman–Crippen MR) is 67.9 cm³/mol.